The molecule has 1 heteroatoms. The van der Waals surface area contributed by atoms with Crippen molar-refractivity contribution in [2.75, 3.05) is 0 Å². The van der Waals surface area contributed by atoms with Crippen LogP contribution in [0.2, 0.25) is 0 Å². The normalized spacial score (nSPS) is 12.4. The van der Waals surface area contributed by atoms with Crippen LogP contribution in [-0.4, -0.2) is 0 Å². The first-order chi connectivity index (χ1) is 9.02. The average molecular weight is 268 g/mol. The van der Waals surface area contributed by atoms with Gasteiger partial charge in [-0.05, 0) is 35.1 Å². The maximum absolute atomic E-state index is 2.33. The molecule has 0 saturated carbocycles. The zero-order valence-electron chi connectivity index (χ0n) is 12.1. The molecule has 1 heterocycles. The average Bonchev–Trinajstić information content (AvgIpc) is 2.74. The largest absolute Gasteiger partial charge is 0.135 e. The van der Waals surface area contributed by atoms with Crippen molar-refractivity contribution < 1.29 is 0 Å². The second-order valence-corrected chi connectivity index (χ2v) is 7.26. The summed E-state index contributed by atoms with van der Waals surface area (Å²) in [5.74, 6) is 0. The highest BCUT2D eigenvalue weighted by Gasteiger charge is 2.22. The highest BCUT2D eigenvalue weighted by Crippen LogP contribution is 2.41. The molecule has 0 aliphatic heterocycles. The number of thiophene rings is 1. The Labute approximate surface area is 119 Å². The van der Waals surface area contributed by atoms with E-state index in [4.69, 9.17) is 0 Å². The Morgan fingerprint density at radius 1 is 0.947 bits per heavy atom. The third-order valence-electron chi connectivity index (χ3n) is 3.76. The first-order valence-corrected chi connectivity index (χ1v) is 7.77. The fourth-order valence-electron chi connectivity index (χ4n) is 3.01. The first-order valence-electron chi connectivity index (χ1n) is 6.96. The van der Waals surface area contributed by atoms with Gasteiger partial charge in [-0.15, -0.1) is 11.3 Å². The second kappa shape index (κ2) is 4.35. The quantitative estimate of drug-likeness (QED) is 0.514. The Bertz CT molecular complexity index is 741. The monoisotopic (exact) mass is 268 g/mol. The lowest BCUT2D eigenvalue weighted by molar-refractivity contribution is 0.589. The summed E-state index contributed by atoms with van der Waals surface area (Å²) < 4.78 is 2.82. The summed E-state index contributed by atoms with van der Waals surface area (Å²) in [6.45, 7) is 9.24. The lowest BCUT2D eigenvalue weighted by atomic mass is 9.80. The van der Waals surface area contributed by atoms with Crippen LogP contribution in [0.25, 0.3) is 20.2 Å². The molecule has 3 aromatic rings. The van der Waals surface area contributed by atoms with Crippen LogP contribution >= 0.6 is 11.3 Å². The van der Waals surface area contributed by atoms with Gasteiger partial charge in [0.1, 0.15) is 0 Å². The maximum Gasteiger partial charge on any atom is 0.0358 e. The van der Waals surface area contributed by atoms with E-state index in [2.05, 4.69) is 64.1 Å². The second-order valence-electron chi connectivity index (χ2n) is 6.17. The van der Waals surface area contributed by atoms with Gasteiger partial charge in [0.05, 0.1) is 0 Å². The molecule has 0 aliphatic rings. The lowest BCUT2D eigenvalue weighted by Gasteiger charge is -2.24. The van der Waals surface area contributed by atoms with E-state index in [1.54, 1.807) is 0 Å². The molecule has 0 spiro atoms. The number of fused-ring (bicyclic) bond motifs is 3. The van der Waals surface area contributed by atoms with Gasteiger partial charge in [0.25, 0.3) is 0 Å². The van der Waals surface area contributed by atoms with Crippen molar-refractivity contribution in [2.24, 2.45) is 0 Å². The van der Waals surface area contributed by atoms with Gasteiger partial charge in [0.2, 0.25) is 0 Å². The molecule has 1 aromatic heterocycles. The number of hydrogen-bond acceptors (Lipinski definition) is 1. The van der Waals surface area contributed by atoms with Crippen molar-refractivity contribution in [1.82, 2.24) is 0 Å². The summed E-state index contributed by atoms with van der Waals surface area (Å²) >= 11 is 1.91. The molecule has 0 bridgehead atoms. The highest BCUT2D eigenvalue weighted by atomic mass is 32.1. The van der Waals surface area contributed by atoms with Gasteiger partial charge in [-0.25, -0.2) is 0 Å². The SMILES string of the molecule is CCc1ccc2sc3ccccc3c2c1C(C)(C)C. The zero-order chi connectivity index (χ0) is 13.6. The van der Waals surface area contributed by atoms with E-state index in [1.807, 2.05) is 11.3 Å². The molecule has 3 rings (SSSR count). The van der Waals surface area contributed by atoms with Crippen molar-refractivity contribution in [2.45, 2.75) is 39.5 Å². The fraction of sp³-hybridized carbons (Fsp3) is 0.333. The number of benzene rings is 2. The summed E-state index contributed by atoms with van der Waals surface area (Å²) in [5.41, 5.74) is 3.21. The van der Waals surface area contributed by atoms with Crippen LogP contribution in [-0.2, 0) is 11.8 Å². The Balaban J connectivity index is 2.54. The Morgan fingerprint density at radius 2 is 1.68 bits per heavy atom. The molecule has 0 amide bonds. The van der Waals surface area contributed by atoms with E-state index in [1.165, 1.54) is 31.3 Å². The number of rotatable bonds is 1. The summed E-state index contributed by atoms with van der Waals surface area (Å²) in [6, 6.07) is 13.4. The Morgan fingerprint density at radius 3 is 2.37 bits per heavy atom. The summed E-state index contributed by atoms with van der Waals surface area (Å²) in [4.78, 5) is 0. The van der Waals surface area contributed by atoms with Crippen LogP contribution < -0.4 is 0 Å². The van der Waals surface area contributed by atoms with Crippen molar-refractivity contribution in [1.29, 1.82) is 0 Å². The zero-order valence-corrected chi connectivity index (χ0v) is 12.9. The maximum atomic E-state index is 2.33. The van der Waals surface area contributed by atoms with E-state index < -0.39 is 0 Å². The van der Waals surface area contributed by atoms with Crippen LogP contribution in [0.15, 0.2) is 36.4 Å². The molecule has 0 radical (unpaired) electrons. The van der Waals surface area contributed by atoms with Crippen LogP contribution in [0, 0.1) is 0 Å². The van der Waals surface area contributed by atoms with Crippen LogP contribution in [0.1, 0.15) is 38.8 Å². The lowest BCUT2D eigenvalue weighted by Crippen LogP contribution is -2.14. The van der Waals surface area contributed by atoms with Gasteiger partial charge in [-0.2, -0.15) is 0 Å². The number of aryl methyl sites for hydroxylation is 1. The van der Waals surface area contributed by atoms with Gasteiger partial charge < -0.3 is 0 Å². The van der Waals surface area contributed by atoms with Crippen LogP contribution in [0.3, 0.4) is 0 Å². The minimum atomic E-state index is 0.189. The molecule has 0 fully saturated rings. The Hall–Kier alpha value is -1.34. The van der Waals surface area contributed by atoms with E-state index in [-0.39, 0.29) is 5.41 Å². The highest BCUT2D eigenvalue weighted by molar-refractivity contribution is 7.25. The fourth-order valence-corrected chi connectivity index (χ4v) is 4.12. The van der Waals surface area contributed by atoms with E-state index in [0.717, 1.165) is 6.42 Å². The van der Waals surface area contributed by atoms with E-state index >= 15 is 0 Å². The van der Waals surface area contributed by atoms with Crippen LogP contribution in [0.4, 0.5) is 0 Å². The molecule has 0 aliphatic carbocycles. The van der Waals surface area contributed by atoms with Crippen molar-refractivity contribution in [3.63, 3.8) is 0 Å². The summed E-state index contributed by atoms with van der Waals surface area (Å²) in [6.07, 6.45) is 1.10. The molecule has 98 valence electrons. The molecule has 0 unspecified atom stereocenters. The van der Waals surface area contributed by atoms with Crippen molar-refractivity contribution in [3.8, 4) is 0 Å². The van der Waals surface area contributed by atoms with Gasteiger partial charge in [-0.3, -0.25) is 0 Å². The summed E-state index contributed by atoms with van der Waals surface area (Å²) in [5, 5.41) is 2.90. The van der Waals surface area contributed by atoms with E-state index in [9.17, 15) is 0 Å². The Kier molecular flexibility index (Phi) is 2.90. The third-order valence-corrected chi connectivity index (χ3v) is 4.90. The van der Waals surface area contributed by atoms with Gasteiger partial charge >= 0.3 is 0 Å². The molecule has 0 saturated heterocycles. The molecule has 0 atom stereocenters. The molecule has 0 nitrogen and oxygen atoms in total. The van der Waals surface area contributed by atoms with Crippen LogP contribution in [0.5, 0.6) is 0 Å². The van der Waals surface area contributed by atoms with Crippen molar-refractivity contribution in [3.05, 3.63) is 47.5 Å². The number of hydrogen-bond donors (Lipinski definition) is 0. The standard InChI is InChI=1S/C18H20S/c1-5-12-10-11-15-16(17(12)18(2,3)4)13-8-6-7-9-14(13)19-15/h6-11H,5H2,1-4H3. The van der Waals surface area contributed by atoms with E-state index in [0.29, 0.717) is 0 Å². The minimum Gasteiger partial charge on any atom is -0.135 e. The molecular weight excluding hydrogens is 248 g/mol. The third kappa shape index (κ3) is 1.97. The first kappa shape index (κ1) is 12.7. The topological polar surface area (TPSA) is 0 Å². The van der Waals surface area contributed by atoms with Gasteiger partial charge in [0, 0.05) is 20.2 Å². The van der Waals surface area contributed by atoms with Gasteiger partial charge in [0.15, 0.2) is 0 Å². The van der Waals surface area contributed by atoms with Gasteiger partial charge in [-0.1, -0.05) is 52.0 Å². The molecule has 19 heavy (non-hydrogen) atoms. The molecular formula is C18H20S. The van der Waals surface area contributed by atoms with Crippen molar-refractivity contribution >= 4 is 31.5 Å². The smallest absolute Gasteiger partial charge is 0.0358 e. The molecule has 0 N–H and O–H groups in total. The predicted molar refractivity (Wildman–Crippen MR) is 87.4 cm³/mol. The summed E-state index contributed by atoms with van der Waals surface area (Å²) in [7, 11) is 0. The predicted octanol–water partition coefficient (Wildman–Crippen LogP) is 5.91. The molecule has 2 aromatic carbocycles. The minimum absolute atomic E-state index is 0.189.